The summed E-state index contributed by atoms with van der Waals surface area (Å²) in [5, 5.41) is 1.11. The molecule has 9 rings (SSSR count). The molecule has 1 N–H and O–H groups in total. The number of likely N-dealkylation sites (tertiary alicyclic amines) is 2. The molecule has 0 spiro atoms. The number of hydrogen-bond donors (Lipinski definition) is 1. The maximum absolute atomic E-state index is 14.5. The molecular formula is C46H43ClF6N4O8S3. The van der Waals surface area contributed by atoms with Gasteiger partial charge in [-0.05, 0) is 162 Å². The number of aromatic amines is 1. The molecule has 362 valence electrons. The third-order valence-corrected chi connectivity index (χ3v) is 16.3. The molecule has 2 fully saturated rings. The fourth-order valence-corrected chi connectivity index (χ4v) is 12.1. The lowest BCUT2D eigenvalue weighted by Crippen LogP contribution is -2.29. The first-order chi connectivity index (χ1) is 31.7. The molecule has 0 saturated carbocycles. The largest absolute Gasteiger partial charge is 0.379 e. The number of H-pyrrole nitrogens is 1. The molecule has 12 nitrogen and oxygen atoms in total. The summed E-state index contributed by atoms with van der Waals surface area (Å²) in [5.74, 6) is -7.70. The van der Waals surface area contributed by atoms with Crippen LogP contribution in [0, 0.1) is 34.9 Å². The molecule has 0 radical (unpaired) electrons. The van der Waals surface area contributed by atoms with Gasteiger partial charge in [0.15, 0.2) is 14.7 Å². The number of piperidine rings is 2. The van der Waals surface area contributed by atoms with E-state index in [2.05, 4.69) is 21.8 Å². The second-order valence-corrected chi connectivity index (χ2v) is 21.1. The van der Waals surface area contributed by atoms with Gasteiger partial charge >= 0.3 is 20.2 Å². The van der Waals surface area contributed by atoms with Crippen molar-refractivity contribution in [2.45, 2.75) is 52.2 Å². The number of halogens is 7. The van der Waals surface area contributed by atoms with E-state index in [-0.39, 0.29) is 40.7 Å². The fourth-order valence-electron chi connectivity index (χ4n) is 8.54. The first-order valence-electron chi connectivity index (χ1n) is 20.8. The predicted molar refractivity (Wildman–Crippen MR) is 244 cm³/mol. The van der Waals surface area contributed by atoms with Crippen molar-refractivity contribution in [2.75, 3.05) is 40.3 Å². The Morgan fingerprint density at radius 1 is 0.529 bits per heavy atom. The summed E-state index contributed by atoms with van der Waals surface area (Å²) in [7, 11) is -10.3. The lowest BCUT2D eigenvalue weighted by molar-refractivity contribution is 0.256. The zero-order valence-corrected chi connectivity index (χ0v) is 39.4. The van der Waals surface area contributed by atoms with Gasteiger partial charge in [0.2, 0.25) is 0 Å². The van der Waals surface area contributed by atoms with Crippen molar-refractivity contribution in [1.29, 1.82) is 0 Å². The van der Waals surface area contributed by atoms with Crippen molar-refractivity contribution in [3.63, 3.8) is 0 Å². The number of nitrogens with zero attached hydrogens (tertiary/aromatic N) is 3. The van der Waals surface area contributed by atoms with Crippen LogP contribution in [-0.2, 0) is 30.3 Å². The molecule has 22 heteroatoms. The number of aromatic nitrogens is 2. The predicted octanol–water partition coefficient (Wildman–Crippen LogP) is 9.46. The Morgan fingerprint density at radius 2 is 0.926 bits per heavy atom. The highest BCUT2D eigenvalue weighted by atomic mass is 35.5. The molecule has 0 bridgehead atoms. The molecular weight excluding hydrogens is 982 g/mol. The highest BCUT2D eigenvalue weighted by Gasteiger charge is 2.33. The third-order valence-electron chi connectivity index (χ3n) is 12.0. The monoisotopic (exact) mass is 1020 g/mol. The van der Waals surface area contributed by atoms with Crippen molar-refractivity contribution in [1.82, 2.24) is 18.8 Å². The van der Waals surface area contributed by atoms with Gasteiger partial charge < -0.3 is 23.1 Å². The van der Waals surface area contributed by atoms with E-state index < -0.39 is 79.8 Å². The lowest BCUT2D eigenvalue weighted by atomic mass is 9.89. The van der Waals surface area contributed by atoms with Crippen LogP contribution in [0.1, 0.15) is 48.6 Å². The Bertz CT molecular complexity index is 3300. The van der Waals surface area contributed by atoms with Gasteiger partial charge in [0.25, 0.3) is 10.0 Å². The highest BCUT2D eigenvalue weighted by molar-refractivity contribution is 7.90. The molecule has 5 aromatic carbocycles. The second-order valence-electron chi connectivity index (χ2n) is 16.4. The Morgan fingerprint density at radius 3 is 1.38 bits per heavy atom. The minimum atomic E-state index is -4.95. The molecule has 0 amide bonds. The van der Waals surface area contributed by atoms with Gasteiger partial charge in [-0.1, -0.05) is 18.2 Å². The molecule has 2 saturated heterocycles. The van der Waals surface area contributed by atoms with E-state index in [0.29, 0.717) is 37.4 Å². The summed E-state index contributed by atoms with van der Waals surface area (Å²) in [6.07, 6.45) is 6.49. The standard InChI is InChI=1S/C26H22F4N2O5S2.C20H20F2N2O3S.ClH/c1-31-12-10-16(11-13-31)19-15-32(38(33,34)25-20(27)4-2-5-21(25)28)24-9-8-17(14-18(19)24)37-39(35,36)26-22(29)6-3-7-23(26)30;1-24-9-7-13(8-10-24)16-12-23-19-6-5-14(11-15(16)19)27-28(25,26)20-17(21)3-2-4-18(20)22;/h2-9,14-16H,10-13H2,1H3;2-6,11-13,23H,7-10H2,1H3;1H. The van der Waals surface area contributed by atoms with Gasteiger partial charge in [-0.15, -0.1) is 12.4 Å². The molecule has 0 unspecified atom stereocenters. The molecule has 68 heavy (non-hydrogen) atoms. The van der Waals surface area contributed by atoms with Crippen molar-refractivity contribution < 1.29 is 60.0 Å². The van der Waals surface area contributed by atoms with Crippen LogP contribution in [0.15, 0.2) is 118 Å². The van der Waals surface area contributed by atoms with Crippen molar-refractivity contribution in [2.24, 2.45) is 0 Å². The highest BCUT2D eigenvalue weighted by Crippen LogP contribution is 2.39. The van der Waals surface area contributed by atoms with Gasteiger partial charge in [-0.2, -0.15) is 16.8 Å². The number of benzene rings is 5. The number of hydrogen-bond acceptors (Lipinski definition) is 10. The number of rotatable bonds is 10. The number of fused-ring (bicyclic) bond motifs is 2. The van der Waals surface area contributed by atoms with E-state index >= 15 is 0 Å². The number of nitrogens with one attached hydrogen (secondary N) is 1. The van der Waals surface area contributed by atoms with Gasteiger partial charge in [0, 0.05) is 28.7 Å². The van der Waals surface area contributed by atoms with Crippen LogP contribution in [0.2, 0.25) is 0 Å². The summed E-state index contributed by atoms with van der Waals surface area (Å²) < 4.78 is 173. The van der Waals surface area contributed by atoms with Gasteiger partial charge in [0.1, 0.15) is 46.4 Å². The van der Waals surface area contributed by atoms with E-state index in [1.165, 1.54) is 24.4 Å². The van der Waals surface area contributed by atoms with Crippen molar-refractivity contribution in [3.8, 4) is 11.5 Å². The van der Waals surface area contributed by atoms with Gasteiger partial charge in [0.05, 0.1) is 5.52 Å². The van der Waals surface area contributed by atoms with Crippen LogP contribution in [0.4, 0.5) is 26.3 Å². The molecule has 2 aromatic heterocycles. The SMILES string of the molecule is CN1CCC(c2c[nH]c3ccc(OS(=O)(=O)c4c(F)cccc4F)cc23)CC1.CN1CCC(c2cn(S(=O)(=O)c3c(F)cccc3F)c3ccc(OS(=O)(=O)c4c(F)cccc4F)cc23)CC1.Cl. The molecule has 2 aliphatic heterocycles. The Hall–Kier alpha value is -5.58. The average Bonchev–Trinajstić information content (AvgIpc) is 3.86. The van der Waals surface area contributed by atoms with Crippen molar-refractivity contribution >= 4 is 64.5 Å². The summed E-state index contributed by atoms with van der Waals surface area (Å²) >= 11 is 0. The van der Waals surface area contributed by atoms with E-state index in [4.69, 9.17) is 8.37 Å². The lowest BCUT2D eigenvalue weighted by Gasteiger charge is -2.28. The van der Waals surface area contributed by atoms with Crippen molar-refractivity contribution in [3.05, 3.63) is 149 Å². The second kappa shape index (κ2) is 19.8. The van der Waals surface area contributed by atoms with E-state index in [9.17, 15) is 51.6 Å². The molecule has 7 aromatic rings. The first-order valence-corrected chi connectivity index (χ1v) is 25.1. The van der Waals surface area contributed by atoms with Crippen LogP contribution in [0.5, 0.6) is 11.5 Å². The van der Waals surface area contributed by atoms with Gasteiger partial charge in [-0.25, -0.2) is 38.7 Å². The Kier molecular flexibility index (Phi) is 14.6. The molecule has 4 heterocycles. The topological polar surface area (TPSA) is 148 Å². The summed E-state index contributed by atoms with van der Waals surface area (Å²) in [6, 6.07) is 16.5. The van der Waals surface area contributed by atoms with Crippen LogP contribution >= 0.6 is 12.4 Å². The first kappa shape index (κ1) is 50.3. The Balaban J connectivity index is 0.000000209. The summed E-state index contributed by atoms with van der Waals surface area (Å²) in [5.41, 5.74) is 2.48. The quantitative estimate of drug-likeness (QED) is 0.104. The zero-order chi connectivity index (χ0) is 48.0. The molecule has 0 atom stereocenters. The maximum Gasteiger partial charge on any atom is 0.345 e. The Labute approximate surface area is 394 Å². The van der Waals surface area contributed by atoms with E-state index in [0.717, 1.165) is 107 Å². The molecule has 0 aliphatic carbocycles. The van der Waals surface area contributed by atoms with E-state index in [1.54, 1.807) is 12.1 Å². The fraction of sp³-hybridized carbons (Fsp3) is 0.261. The smallest absolute Gasteiger partial charge is 0.345 e. The summed E-state index contributed by atoms with van der Waals surface area (Å²) in [4.78, 5) is 4.08. The third kappa shape index (κ3) is 10.1. The minimum Gasteiger partial charge on any atom is -0.379 e. The molecule has 2 aliphatic rings. The normalized spacial score (nSPS) is 15.8. The van der Waals surface area contributed by atoms with Crippen LogP contribution < -0.4 is 8.37 Å². The summed E-state index contributed by atoms with van der Waals surface area (Å²) in [6.45, 7) is 3.38. The average molecular weight is 1030 g/mol. The maximum atomic E-state index is 14.5. The minimum absolute atomic E-state index is 0. The zero-order valence-electron chi connectivity index (χ0n) is 36.1. The van der Waals surface area contributed by atoms with Crippen LogP contribution in [-0.4, -0.2) is 84.3 Å². The van der Waals surface area contributed by atoms with E-state index in [1.807, 2.05) is 13.2 Å². The van der Waals surface area contributed by atoms with Gasteiger partial charge in [-0.3, -0.25) is 0 Å². The van der Waals surface area contributed by atoms with Crippen LogP contribution in [0.25, 0.3) is 21.8 Å². The van der Waals surface area contributed by atoms with Crippen LogP contribution in [0.3, 0.4) is 0 Å².